The van der Waals surface area contributed by atoms with Gasteiger partial charge in [0.2, 0.25) is 70.9 Å². The number of carbonyl (C=O) groups is 12. The molecule has 6 unspecified atom stereocenters. The third kappa shape index (κ3) is 68.1. The van der Waals surface area contributed by atoms with Crippen molar-refractivity contribution in [3.8, 4) is 0 Å². The van der Waals surface area contributed by atoms with Crippen molar-refractivity contribution in [3.05, 3.63) is 0 Å². The maximum absolute atomic E-state index is 13.3. The molecule has 12 amide bonds. The van der Waals surface area contributed by atoms with E-state index in [4.69, 9.17) is 40.1 Å². The van der Waals surface area contributed by atoms with E-state index >= 15 is 0 Å². The van der Waals surface area contributed by atoms with E-state index in [0.717, 1.165) is 193 Å². The molecule has 6 atom stereocenters. The van der Waals surface area contributed by atoms with E-state index < -0.39 is 42.2 Å². The number of carbonyl (C=O) groups excluding carboxylic acids is 12. The number of rotatable bonds is 86. The Kier molecular flexibility index (Phi) is 76.9. The lowest BCUT2D eigenvalue weighted by Crippen LogP contribution is -2.47. The highest BCUT2D eigenvalue weighted by atomic mass is 16.2. The normalized spacial score (nSPS) is 12.7. The van der Waals surface area contributed by atoms with Crippen LogP contribution >= 0.6 is 0 Å². The van der Waals surface area contributed by atoms with Gasteiger partial charge in [-0.3, -0.25) is 57.5 Å². The molecule has 0 heterocycles. The lowest BCUT2D eigenvalue weighted by atomic mass is 10.1. The first kappa shape index (κ1) is 111. The molecule has 0 aliphatic rings. The molecule has 0 bridgehead atoms. The highest BCUT2D eigenvalue weighted by molar-refractivity contribution is 5.90. The number of primary amides is 1. The Balaban J connectivity index is 4.62. The van der Waals surface area contributed by atoms with Crippen LogP contribution in [-0.2, 0) is 57.5 Å². The van der Waals surface area contributed by atoms with E-state index in [9.17, 15) is 57.5 Å². The third-order valence-electron chi connectivity index (χ3n) is 21.5. The minimum absolute atomic E-state index is 0.0734. The van der Waals surface area contributed by atoms with Gasteiger partial charge in [0, 0.05) is 71.2 Å². The molecule has 0 aliphatic carbocycles. The summed E-state index contributed by atoms with van der Waals surface area (Å²) in [7, 11) is 0. The summed E-state index contributed by atoms with van der Waals surface area (Å²) >= 11 is 0. The van der Waals surface area contributed by atoms with Crippen LogP contribution < -0.4 is 98.6 Å². The summed E-state index contributed by atoms with van der Waals surface area (Å²) in [5.74, 6) is -2.51. The van der Waals surface area contributed by atoms with Crippen molar-refractivity contribution in [1.82, 2.24) is 58.5 Å². The van der Waals surface area contributed by atoms with Gasteiger partial charge in [0.25, 0.3) is 0 Å². The average molecular weight is 1670 g/mol. The Bertz CT molecular complexity index is 2600. The smallest absolute Gasteiger partial charge is 0.242 e. The second-order valence-corrected chi connectivity index (χ2v) is 32.5. The first-order valence-corrected chi connectivity index (χ1v) is 46.9. The fourth-order valence-corrected chi connectivity index (χ4v) is 14.2. The van der Waals surface area contributed by atoms with Crippen molar-refractivity contribution in [2.24, 2.45) is 40.1 Å². The number of hydrogen-bond donors (Lipinski definition) is 18. The van der Waals surface area contributed by atoms with Crippen molar-refractivity contribution < 1.29 is 57.5 Å². The summed E-state index contributed by atoms with van der Waals surface area (Å²) in [6.45, 7) is 7.63. The van der Waals surface area contributed by atoms with Gasteiger partial charge in [0.1, 0.15) is 36.3 Å². The fourth-order valence-electron chi connectivity index (χ4n) is 14.2. The maximum atomic E-state index is 13.3. The van der Waals surface area contributed by atoms with Crippen LogP contribution in [0, 0.1) is 0 Å². The van der Waals surface area contributed by atoms with Gasteiger partial charge in [-0.2, -0.15) is 0 Å². The second-order valence-electron chi connectivity index (χ2n) is 32.5. The number of nitrogens with one attached hydrogen (secondary N) is 11. The molecule has 0 radical (unpaired) electrons. The van der Waals surface area contributed by atoms with Crippen LogP contribution in [0.3, 0.4) is 0 Å². The van der Waals surface area contributed by atoms with Crippen molar-refractivity contribution in [2.75, 3.05) is 72.0 Å². The monoisotopic (exact) mass is 1670 g/mol. The highest BCUT2D eigenvalue weighted by Crippen LogP contribution is 2.16. The number of nitrogens with two attached hydrogens (primary N) is 7. The molecule has 30 nitrogen and oxygen atoms in total. The van der Waals surface area contributed by atoms with Crippen LogP contribution in [0.25, 0.3) is 0 Å². The van der Waals surface area contributed by atoms with Crippen molar-refractivity contribution in [1.29, 1.82) is 0 Å². The molecule has 0 aromatic heterocycles. The van der Waals surface area contributed by atoms with Crippen molar-refractivity contribution in [2.45, 2.75) is 416 Å². The van der Waals surface area contributed by atoms with Crippen LogP contribution in [0.1, 0.15) is 379 Å². The van der Waals surface area contributed by atoms with E-state index in [1.165, 1.54) is 38.5 Å². The Morgan fingerprint density at radius 1 is 0.195 bits per heavy atom. The maximum Gasteiger partial charge on any atom is 0.242 e. The summed E-state index contributed by atoms with van der Waals surface area (Å²) < 4.78 is 0. The molecule has 25 N–H and O–H groups in total. The SMILES string of the molecule is CCCCCCCCCCCC(=O)NC(CCCCN)C(=O)NCCCCCCCC(=O)NC(CCCCN)C(=O)NCCCCCCCC(=O)NC(CCCCN)C(=O)NCCCCCCCC(=O)NC(CCCCN)C(=O)NCCCCCCCC(=O)NC(CCCCN)C(=O)NCCCCCCCC(=O)NC(CCCCN)C(N)=O. The number of unbranched alkanes of at least 4 members (excludes halogenated alkanes) is 34. The van der Waals surface area contributed by atoms with Gasteiger partial charge in [0.05, 0.1) is 0 Å². The minimum Gasteiger partial charge on any atom is -0.368 e. The second kappa shape index (κ2) is 81.4. The molecule has 0 rings (SSSR count). The van der Waals surface area contributed by atoms with Crippen molar-refractivity contribution in [3.63, 3.8) is 0 Å². The molecule has 0 saturated carbocycles. The van der Waals surface area contributed by atoms with Gasteiger partial charge >= 0.3 is 0 Å². The van der Waals surface area contributed by atoms with Crippen LogP contribution in [-0.4, -0.2) is 179 Å². The summed E-state index contributed by atoms with van der Waals surface area (Å²) in [6, 6.07) is -3.85. The Labute approximate surface area is 711 Å². The van der Waals surface area contributed by atoms with E-state index in [1.807, 2.05) is 0 Å². The summed E-state index contributed by atoms with van der Waals surface area (Å²) in [4.78, 5) is 155. The molecule has 686 valence electrons. The molecule has 0 aromatic carbocycles. The average Bonchev–Trinajstić information content (AvgIpc) is 0.957. The molecule has 0 saturated heterocycles. The standard InChI is InChI=1S/C88H172N18O12/c1-2-3-4-5-6-7-8-14-25-55-78(108)102-72(49-32-38-61-90)84(114)97-67-44-21-10-16-27-57-80(110)104-74(51-34-40-63-92)86(116)99-69-46-23-12-18-29-59-82(112)106-76(53-36-42-65-94)88(118)100-70-47-24-13-19-30-58-81(111)105-75(52-35-41-64-93)87(117)98-68-45-22-11-17-28-56-79(109)103-73(50-33-39-62-91)85(115)96-66-43-20-9-15-26-54-77(107)101-71(83(95)113)48-31-37-60-89/h71-76H,2-70,89-94H2,1H3,(H2,95,113)(H,96,115)(H,97,114)(H,98,117)(H,99,116)(H,100,118)(H,101,107)(H,102,108)(H,103,109)(H,104,110)(H,105,111)(H,106,112). The Morgan fingerprint density at radius 2 is 0.347 bits per heavy atom. The summed E-state index contributed by atoms with van der Waals surface area (Å²) in [6.07, 6.45) is 44.3. The molecule has 0 spiro atoms. The van der Waals surface area contributed by atoms with Gasteiger partial charge in [-0.25, -0.2) is 0 Å². The zero-order chi connectivity index (χ0) is 87.0. The molecular weight excluding hydrogens is 1500 g/mol. The van der Waals surface area contributed by atoms with Crippen LogP contribution in [0.15, 0.2) is 0 Å². The fraction of sp³-hybridized carbons (Fsp3) is 0.864. The zero-order valence-corrected chi connectivity index (χ0v) is 73.7. The third-order valence-corrected chi connectivity index (χ3v) is 21.5. The lowest BCUT2D eigenvalue weighted by Gasteiger charge is -2.19. The molecular formula is C88H172N18O12. The predicted molar refractivity (Wildman–Crippen MR) is 474 cm³/mol. The van der Waals surface area contributed by atoms with Gasteiger partial charge in [-0.1, -0.05) is 155 Å². The summed E-state index contributed by atoms with van der Waals surface area (Å²) in [5, 5.41) is 32.5. The molecule has 30 heteroatoms. The van der Waals surface area contributed by atoms with E-state index in [2.05, 4.69) is 65.4 Å². The van der Waals surface area contributed by atoms with E-state index in [1.54, 1.807) is 0 Å². The van der Waals surface area contributed by atoms with Gasteiger partial charge in [-0.05, 0) is 225 Å². The quantitative estimate of drug-likeness (QED) is 0.0254. The summed E-state index contributed by atoms with van der Waals surface area (Å²) in [5.41, 5.74) is 39.7. The zero-order valence-electron chi connectivity index (χ0n) is 73.7. The predicted octanol–water partition coefficient (Wildman–Crippen LogP) is 8.36. The van der Waals surface area contributed by atoms with Crippen molar-refractivity contribution >= 4 is 70.9 Å². The van der Waals surface area contributed by atoms with Crippen LogP contribution in [0.5, 0.6) is 0 Å². The number of hydrogen-bond acceptors (Lipinski definition) is 18. The molecule has 0 aliphatic heterocycles. The largest absolute Gasteiger partial charge is 0.368 e. The van der Waals surface area contributed by atoms with E-state index in [-0.39, 0.29) is 71.4 Å². The van der Waals surface area contributed by atoms with E-state index in [0.29, 0.717) is 207 Å². The Morgan fingerprint density at radius 3 is 0.517 bits per heavy atom. The molecule has 118 heavy (non-hydrogen) atoms. The van der Waals surface area contributed by atoms with Crippen LogP contribution in [0.4, 0.5) is 0 Å². The van der Waals surface area contributed by atoms with Gasteiger partial charge in [0.15, 0.2) is 0 Å². The molecule has 0 aromatic rings. The van der Waals surface area contributed by atoms with Gasteiger partial charge in [-0.15, -0.1) is 0 Å². The van der Waals surface area contributed by atoms with Crippen LogP contribution in [0.2, 0.25) is 0 Å². The van der Waals surface area contributed by atoms with Gasteiger partial charge < -0.3 is 98.6 Å². The topological polar surface area (TPSA) is 519 Å². The highest BCUT2D eigenvalue weighted by Gasteiger charge is 2.26. The first-order chi connectivity index (χ1) is 57.3. The first-order valence-electron chi connectivity index (χ1n) is 46.9. The minimum atomic E-state index is -0.682. The Hall–Kier alpha value is -6.60. The lowest BCUT2D eigenvalue weighted by molar-refractivity contribution is -0.129. The molecule has 0 fully saturated rings. The number of amides is 12.